The molecule has 1 heterocycles. The summed E-state index contributed by atoms with van der Waals surface area (Å²) in [5, 5.41) is 0. The third kappa shape index (κ3) is 2.49. The summed E-state index contributed by atoms with van der Waals surface area (Å²) in [7, 11) is -3.09. The molecule has 1 aromatic carbocycles. The van der Waals surface area contributed by atoms with Crippen LogP contribution in [0.5, 0.6) is 5.75 Å². The van der Waals surface area contributed by atoms with E-state index in [4.69, 9.17) is 14.0 Å². The van der Waals surface area contributed by atoms with Gasteiger partial charge in [-0.05, 0) is 6.07 Å². The highest BCUT2D eigenvalue weighted by atomic mass is 32.2. The Hall–Kier alpha value is -1.15. The van der Waals surface area contributed by atoms with Crippen molar-refractivity contribution in [3.05, 3.63) is 29.8 Å². The molecule has 0 aliphatic carbocycles. The molecular formula is C11H15NO5S. The Kier molecular flexibility index (Phi) is 3.10. The highest BCUT2D eigenvalue weighted by Crippen LogP contribution is 2.40. The summed E-state index contributed by atoms with van der Waals surface area (Å²) in [5.74, 6) is -0.438. The molecule has 0 bridgehead atoms. The van der Waals surface area contributed by atoms with Crippen molar-refractivity contribution in [3.63, 3.8) is 0 Å². The van der Waals surface area contributed by atoms with Crippen molar-refractivity contribution in [1.29, 1.82) is 0 Å². The minimum absolute atomic E-state index is 0.536. The van der Waals surface area contributed by atoms with Crippen LogP contribution in [0.15, 0.2) is 24.3 Å². The lowest BCUT2D eigenvalue weighted by Gasteiger charge is -2.39. The zero-order valence-corrected chi connectivity index (χ0v) is 11.1. The number of hydrogen-bond acceptors (Lipinski definition) is 4. The number of rotatable bonds is 2. The molecule has 1 atom stereocenters. The Balaban J connectivity index is 2.48. The highest BCUT2D eigenvalue weighted by molar-refractivity contribution is 7.83. The number of benzene rings is 1. The Labute approximate surface area is 106 Å². The predicted octanol–water partition coefficient (Wildman–Crippen LogP) is 1.56. The molecule has 0 saturated heterocycles. The van der Waals surface area contributed by atoms with Crippen LogP contribution in [0.4, 0.5) is 0 Å². The maximum atomic E-state index is 11.2. The van der Waals surface area contributed by atoms with Gasteiger partial charge in [-0.1, -0.05) is 18.2 Å². The van der Waals surface area contributed by atoms with Crippen molar-refractivity contribution in [2.75, 3.05) is 7.05 Å². The fourth-order valence-electron chi connectivity index (χ4n) is 1.79. The summed E-state index contributed by atoms with van der Waals surface area (Å²) >= 11 is 0. The molecule has 1 aliphatic rings. The van der Waals surface area contributed by atoms with Crippen molar-refractivity contribution >= 4 is 10.3 Å². The normalized spacial score (nSPS) is 22.4. The Bertz CT molecular complexity index is 554. The lowest BCUT2D eigenvalue weighted by Crippen LogP contribution is -2.44. The predicted molar refractivity (Wildman–Crippen MR) is 64.3 cm³/mol. The summed E-state index contributed by atoms with van der Waals surface area (Å²) in [6.45, 7) is 3.35. The number of nitrogens with zero attached hydrogens (tertiary/aromatic N) is 1. The fourth-order valence-corrected chi connectivity index (χ4v) is 2.19. The molecule has 6 nitrogen and oxygen atoms in total. The third-order valence-corrected chi connectivity index (χ3v) is 3.55. The number of para-hydroxylation sites is 1. The molecule has 0 spiro atoms. The van der Waals surface area contributed by atoms with Gasteiger partial charge in [-0.25, -0.2) is 0 Å². The van der Waals surface area contributed by atoms with E-state index >= 15 is 0 Å². The first-order chi connectivity index (χ1) is 8.21. The second-order valence-corrected chi connectivity index (χ2v) is 5.98. The van der Waals surface area contributed by atoms with E-state index in [1.807, 2.05) is 0 Å². The molecule has 100 valence electrons. The molecule has 1 aliphatic heterocycles. The van der Waals surface area contributed by atoms with Crippen LogP contribution in [0, 0.1) is 0 Å². The lowest BCUT2D eigenvalue weighted by atomic mass is 10.1. The zero-order chi connectivity index (χ0) is 13.6. The first kappa shape index (κ1) is 13.3. The number of ether oxygens (including phenoxy) is 2. The van der Waals surface area contributed by atoms with Crippen LogP contribution >= 0.6 is 0 Å². The maximum absolute atomic E-state index is 11.2. The summed E-state index contributed by atoms with van der Waals surface area (Å²) in [5.41, 5.74) is 0.553. The van der Waals surface area contributed by atoms with E-state index < -0.39 is 22.3 Å². The Morgan fingerprint density at radius 3 is 2.56 bits per heavy atom. The second-order valence-electron chi connectivity index (χ2n) is 4.50. The van der Waals surface area contributed by atoms with Crippen LogP contribution in [0.1, 0.15) is 25.6 Å². The van der Waals surface area contributed by atoms with Crippen LogP contribution in [0.2, 0.25) is 0 Å². The van der Waals surface area contributed by atoms with Crippen LogP contribution in [-0.4, -0.2) is 30.1 Å². The van der Waals surface area contributed by atoms with Gasteiger partial charge in [0.15, 0.2) is 6.23 Å². The van der Waals surface area contributed by atoms with Crippen molar-refractivity contribution in [2.45, 2.75) is 25.9 Å². The second kappa shape index (κ2) is 4.20. The molecule has 0 unspecified atom stereocenters. The molecule has 0 aromatic heterocycles. The minimum atomic E-state index is -4.34. The van der Waals surface area contributed by atoms with E-state index in [2.05, 4.69) is 0 Å². The average molecular weight is 273 g/mol. The van der Waals surface area contributed by atoms with Gasteiger partial charge in [0.25, 0.3) is 0 Å². The first-order valence-corrected chi connectivity index (χ1v) is 6.76. The molecule has 1 N–H and O–H groups in total. The van der Waals surface area contributed by atoms with Crippen molar-refractivity contribution in [1.82, 2.24) is 4.31 Å². The van der Waals surface area contributed by atoms with Crippen molar-refractivity contribution in [3.8, 4) is 5.75 Å². The summed E-state index contributed by atoms with van der Waals surface area (Å²) < 4.78 is 43.4. The molecule has 7 heteroatoms. The van der Waals surface area contributed by atoms with Gasteiger partial charge in [-0.15, -0.1) is 4.31 Å². The van der Waals surface area contributed by atoms with Gasteiger partial charge in [0.05, 0.1) is 0 Å². The van der Waals surface area contributed by atoms with E-state index in [0.717, 1.165) is 4.31 Å². The Morgan fingerprint density at radius 2 is 1.94 bits per heavy atom. The number of hydrogen-bond donors (Lipinski definition) is 1. The minimum Gasteiger partial charge on any atom is -0.462 e. The van der Waals surface area contributed by atoms with Crippen molar-refractivity contribution < 1.29 is 22.4 Å². The largest absolute Gasteiger partial charge is 0.462 e. The number of fused-ring (bicyclic) bond motifs is 1. The molecule has 0 saturated carbocycles. The average Bonchev–Trinajstić information content (AvgIpc) is 2.24. The smallest absolute Gasteiger partial charge is 0.338 e. The van der Waals surface area contributed by atoms with Crippen LogP contribution in [-0.2, 0) is 15.0 Å². The summed E-state index contributed by atoms with van der Waals surface area (Å²) in [4.78, 5) is 0. The van der Waals surface area contributed by atoms with Crippen LogP contribution in [0.3, 0.4) is 0 Å². The van der Waals surface area contributed by atoms with Crippen LogP contribution in [0.25, 0.3) is 0 Å². The Morgan fingerprint density at radius 1 is 1.33 bits per heavy atom. The molecule has 2 rings (SSSR count). The van der Waals surface area contributed by atoms with Crippen molar-refractivity contribution in [2.24, 2.45) is 0 Å². The van der Waals surface area contributed by atoms with Gasteiger partial charge in [0.1, 0.15) is 5.75 Å². The summed E-state index contributed by atoms with van der Waals surface area (Å²) in [6.07, 6.45) is -0.917. The molecule has 0 radical (unpaired) electrons. The van der Waals surface area contributed by atoms with E-state index in [0.29, 0.717) is 11.3 Å². The molecule has 1 aromatic rings. The monoisotopic (exact) mass is 273 g/mol. The van der Waals surface area contributed by atoms with Gasteiger partial charge in [0.2, 0.25) is 5.79 Å². The van der Waals surface area contributed by atoms with Gasteiger partial charge < -0.3 is 9.47 Å². The summed E-state index contributed by atoms with van der Waals surface area (Å²) in [6, 6.07) is 6.95. The van der Waals surface area contributed by atoms with E-state index in [1.54, 1.807) is 38.1 Å². The lowest BCUT2D eigenvalue weighted by molar-refractivity contribution is -0.230. The SMILES string of the molecule is CN([C@@H]1OC(C)(C)Oc2ccccc21)S(=O)(=O)O. The third-order valence-electron chi connectivity index (χ3n) is 2.63. The van der Waals surface area contributed by atoms with E-state index in [1.165, 1.54) is 7.05 Å². The molecular weight excluding hydrogens is 258 g/mol. The quantitative estimate of drug-likeness (QED) is 0.828. The maximum Gasteiger partial charge on any atom is 0.338 e. The van der Waals surface area contributed by atoms with Crippen LogP contribution < -0.4 is 4.74 Å². The zero-order valence-electron chi connectivity index (χ0n) is 10.3. The highest BCUT2D eigenvalue weighted by Gasteiger charge is 2.39. The molecule has 18 heavy (non-hydrogen) atoms. The fraction of sp³-hybridized carbons (Fsp3) is 0.455. The van der Waals surface area contributed by atoms with E-state index in [9.17, 15) is 8.42 Å². The van der Waals surface area contributed by atoms with Gasteiger partial charge >= 0.3 is 10.3 Å². The van der Waals surface area contributed by atoms with E-state index in [-0.39, 0.29) is 0 Å². The topological polar surface area (TPSA) is 76.1 Å². The standard InChI is InChI=1S/C11H15NO5S/c1-11(2)16-9-7-5-4-6-8(9)10(17-11)12(3)18(13,14)15/h4-7,10H,1-3H3,(H,13,14,15)/t10-/m1/s1. The van der Waals surface area contributed by atoms with Gasteiger partial charge in [-0.2, -0.15) is 8.42 Å². The van der Waals surface area contributed by atoms with Gasteiger partial charge in [-0.3, -0.25) is 4.55 Å². The molecule has 0 amide bonds. The van der Waals surface area contributed by atoms with Gasteiger partial charge in [0, 0.05) is 26.5 Å². The molecule has 0 fully saturated rings. The first-order valence-electron chi connectivity index (χ1n) is 5.37.